The number of hydrogen-bond acceptors (Lipinski definition) is 6. The summed E-state index contributed by atoms with van der Waals surface area (Å²) in [4.78, 5) is 5.70. The summed E-state index contributed by atoms with van der Waals surface area (Å²) in [7, 11) is -3.07. The Morgan fingerprint density at radius 1 is 0.971 bits per heavy atom. The van der Waals surface area contributed by atoms with E-state index >= 15 is 0 Å². The van der Waals surface area contributed by atoms with E-state index in [1.807, 2.05) is 0 Å². The molecule has 0 amide bonds. The standard InChI is InChI=1S/C19H24F6N2O2.H2O4S/c1-10(2)13-8-12(17(28,18(20,21)22)19(23,24)25)9-14(11(3)4)15(13)27(5)16-26-6-7-29-16;1-5(2,3)4/h8-11,28H,6-7H2,1-5H3;(H2,1,2,3,4). The zero-order valence-corrected chi connectivity index (χ0v) is 19.7. The number of nitrogens with zero attached hydrogens (tertiary/aromatic N) is 2. The third-order valence-corrected chi connectivity index (χ3v) is 4.84. The van der Waals surface area contributed by atoms with E-state index in [0.29, 0.717) is 18.8 Å². The van der Waals surface area contributed by atoms with Gasteiger partial charge in [0.1, 0.15) is 6.61 Å². The fraction of sp³-hybridized carbons (Fsp3) is 0.632. The second-order valence-corrected chi connectivity index (χ2v) is 8.93. The molecule has 0 atom stereocenters. The highest BCUT2D eigenvalue weighted by molar-refractivity contribution is 7.79. The van der Waals surface area contributed by atoms with Gasteiger partial charge in [-0.2, -0.15) is 34.8 Å². The molecule has 3 N–H and O–H groups in total. The van der Waals surface area contributed by atoms with Gasteiger partial charge in [-0.15, -0.1) is 0 Å². The summed E-state index contributed by atoms with van der Waals surface area (Å²) >= 11 is 0. The topological polar surface area (TPSA) is 120 Å². The van der Waals surface area contributed by atoms with Crippen LogP contribution < -0.4 is 4.90 Å². The van der Waals surface area contributed by atoms with Crippen LogP contribution in [0, 0.1) is 0 Å². The molecule has 0 radical (unpaired) electrons. The van der Waals surface area contributed by atoms with Crippen molar-refractivity contribution < 1.29 is 53.7 Å². The molecule has 1 aromatic carbocycles. The summed E-state index contributed by atoms with van der Waals surface area (Å²) < 4.78 is 118. The van der Waals surface area contributed by atoms with Gasteiger partial charge >= 0.3 is 22.8 Å². The molecular formula is C19H26F6N2O6S. The molecule has 196 valence electrons. The molecule has 0 saturated heterocycles. The zero-order chi connectivity index (χ0) is 26.9. The van der Waals surface area contributed by atoms with E-state index in [4.69, 9.17) is 22.3 Å². The van der Waals surface area contributed by atoms with Crippen LogP contribution in [0.2, 0.25) is 0 Å². The number of amidine groups is 1. The maximum atomic E-state index is 13.4. The Hall–Kier alpha value is -2.10. The van der Waals surface area contributed by atoms with Crippen molar-refractivity contribution in [2.24, 2.45) is 4.99 Å². The van der Waals surface area contributed by atoms with Crippen molar-refractivity contribution in [3.05, 3.63) is 28.8 Å². The summed E-state index contributed by atoms with van der Waals surface area (Å²) in [6.07, 6.45) is -11.9. The van der Waals surface area contributed by atoms with Crippen LogP contribution in [-0.4, -0.2) is 61.2 Å². The number of aliphatic imine (C=N–C) groups is 1. The highest BCUT2D eigenvalue weighted by atomic mass is 32.3. The van der Waals surface area contributed by atoms with Gasteiger partial charge in [-0.1, -0.05) is 27.7 Å². The largest absolute Gasteiger partial charge is 0.463 e. The summed E-state index contributed by atoms with van der Waals surface area (Å²) in [5.74, 6) is -0.866. The molecule has 8 nitrogen and oxygen atoms in total. The van der Waals surface area contributed by atoms with E-state index in [9.17, 15) is 31.4 Å². The van der Waals surface area contributed by atoms with Crippen LogP contribution in [0.4, 0.5) is 32.0 Å². The fourth-order valence-corrected chi connectivity index (χ4v) is 3.27. The van der Waals surface area contributed by atoms with Gasteiger partial charge in [-0.3, -0.25) is 14.0 Å². The third kappa shape index (κ3) is 6.73. The fourth-order valence-electron chi connectivity index (χ4n) is 3.27. The van der Waals surface area contributed by atoms with Crippen LogP contribution >= 0.6 is 0 Å². The van der Waals surface area contributed by atoms with Crippen LogP contribution in [0.1, 0.15) is 56.2 Å². The zero-order valence-electron chi connectivity index (χ0n) is 18.9. The number of halogens is 6. The molecular weight excluding hydrogens is 498 g/mol. The Morgan fingerprint density at radius 2 is 1.35 bits per heavy atom. The summed E-state index contributed by atoms with van der Waals surface area (Å²) in [6, 6.07) is 1.79. The monoisotopic (exact) mass is 524 g/mol. The second kappa shape index (κ2) is 10.3. The van der Waals surface area contributed by atoms with Gasteiger partial charge in [-0.25, -0.2) is 4.99 Å². The molecule has 0 aromatic heterocycles. The van der Waals surface area contributed by atoms with Crippen molar-refractivity contribution >= 4 is 22.1 Å². The third-order valence-electron chi connectivity index (χ3n) is 4.84. The number of alkyl halides is 6. The Kier molecular flexibility index (Phi) is 9.03. The van der Waals surface area contributed by atoms with Gasteiger partial charge in [0.15, 0.2) is 0 Å². The van der Waals surface area contributed by atoms with Crippen LogP contribution in [-0.2, 0) is 20.7 Å². The van der Waals surface area contributed by atoms with Gasteiger partial charge in [-0.05, 0) is 35.1 Å². The van der Waals surface area contributed by atoms with E-state index in [0.717, 1.165) is 12.1 Å². The maximum Gasteiger partial charge on any atom is 0.430 e. The molecule has 0 spiro atoms. The summed E-state index contributed by atoms with van der Waals surface area (Å²) in [6.45, 7) is 7.35. The van der Waals surface area contributed by atoms with Crippen molar-refractivity contribution in [1.29, 1.82) is 0 Å². The minimum atomic E-state index is -5.94. The number of rotatable bonds is 4. The predicted octanol–water partition coefficient (Wildman–Crippen LogP) is 4.42. The van der Waals surface area contributed by atoms with E-state index < -0.39 is 45.8 Å². The van der Waals surface area contributed by atoms with Crippen molar-refractivity contribution in [2.45, 2.75) is 57.5 Å². The van der Waals surface area contributed by atoms with Gasteiger partial charge in [0.2, 0.25) is 0 Å². The molecule has 1 aromatic rings. The first-order chi connectivity index (χ1) is 15.1. The molecule has 0 fully saturated rings. The molecule has 15 heteroatoms. The Bertz CT molecular complexity index is 955. The summed E-state index contributed by atoms with van der Waals surface area (Å²) in [5, 5.41) is 9.90. The Balaban J connectivity index is 0.00000104. The first-order valence-electron chi connectivity index (χ1n) is 9.77. The van der Waals surface area contributed by atoms with Gasteiger partial charge < -0.3 is 9.84 Å². The Labute approximate surface area is 192 Å². The van der Waals surface area contributed by atoms with Crippen LogP contribution in [0.15, 0.2) is 17.1 Å². The van der Waals surface area contributed by atoms with Crippen molar-refractivity contribution in [3.63, 3.8) is 0 Å². The molecule has 0 aliphatic carbocycles. The summed E-state index contributed by atoms with van der Waals surface area (Å²) in [5.41, 5.74) is -5.37. The predicted molar refractivity (Wildman–Crippen MR) is 111 cm³/mol. The number of hydrogen-bond donors (Lipinski definition) is 3. The van der Waals surface area contributed by atoms with Crippen LogP contribution in [0.25, 0.3) is 0 Å². The van der Waals surface area contributed by atoms with Crippen molar-refractivity contribution in [2.75, 3.05) is 25.1 Å². The number of ether oxygens (including phenoxy) is 1. The smallest absolute Gasteiger partial charge is 0.430 e. The number of aliphatic hydroxyl groups is 1. The molecule has 0 unspecified atom stereocenters. The van der Waals surface area contributed by atoms with Crippen LogP contribution in [0.5, 0.6) is 0 Å². The average molecular weight is 524 g/mol. The van der Waals surface area contributed by atoms with Crippen LogP contribution in [0.3, 0.4) is 0 Å². The molecule has 1 aliphatic rings. The van der Waals surface area contributed by atoms with Crippen molar-refractivity contribution in [1.82, 2.24) is 0 Å². The lowest BCUT2D eigenvalue weighted by molar-refractivity contribution is -0.376. The first-order valence-corrected chi connectivity index (χ1v) is 11.2. The number of anilines is 1. The van der Waals surface area contributed by atoms with E-state index in [-0.39, 0.29) is 17.1 Å². The lowest BCUT2D eigenvalue weighted by atomic mass is 9.83. The van der Waals surface area contributed by atoms with E-state index in [1.54, 1.807) is 34.7 Å². The van der Waals surface area contributed by atoms with Crippen molar-refractivity contribution in [3.8, 4) is 0 Å². The lowest BCUT2D eigenvalue weighted by Gasteiger charge is -2.35. The normalized spacial score (nSPS) is 15.1. The van der Waals surface area contributed by atoms with E-state index in [1.165, 1.54) is 4.90 Å². The SMILES string of the molecule is CC(C)c1cc(C(O)(C(F)(F)F)C(F)(F)F)cc(C(C)C)c1N(C)C1=NCCO1.O=S(=O)(O)O. The highest BCUT2D eigenvalue weighted by Crippen LogP contribution is 2.52. The number of benzene rings is 1. The minimum absolute atomic E-state index is 0.221. The van der Waals surface area contributed by atoms with Gasteiger partial charge in [0.05, 0.1) is 12.2 Å². The second-order valence-electron chi connectivity index (χ2n) is 8.04. The lowest BCUT2D eigenvalue weighted by Crippen LogP contribution is -2.54. The molecule has 0 saturated carbocycles. The average Bonchev–Trinajstić information content (AvgIpc) is 3.17. The molecule has 2 rings (SSSR count). The molecule has 0 bridgehead atoms. The van der Waals surface area contributed by atoms with E-state index in [2.05, 4.69) is 4.99 Å². The Morgan fingerprint density at radius 3 is 1.62 bits per heavy atom. The molecule has 34 heavy (non-hydrogen) atoms. The molecule has 1 aliphatic heterocycles. The minimum Gasteiger partial charge on any atom is -0.463 e. The molecule has 1 heterocycles. The quantitative estimate of drug-likeness (QED) is 0.394. The first kappa shape index (κ1) is 29.9. The maximum absolute atomic E-state index is 13.4. The highest BCUT2D eigenvalue weighted by Gasteiger charge is 2.71. The van der Waals surface area contributed by atoms with Gasteiger partial charge in [0, 0.05) is 12.6 Å². The van der Waals surface area contributed by atoms with Gasteiger partial charge in [0.25, 0.3) is 11.6 Å².